The first-order valence-corrected chi connectivity index (χ1v) is 10.6. The number of halogens is 1. The standard InChI is InChI=1S/C23H26FN5O2/c1-14-12-25-29(28-14)15-4-5-16(18(30)10-15)17-6-7-20(27-26-17)31-19-11-22(2)8-9-23(3,13-22)21(19)24/h4-7,10,12,19,21,30H,8-9,11,13H2,1-3H3/t19-,21-,22-,23-/m1/s1. The van der Waals surface area contributed by atoms with Gasteiger partial charge < -0.3 is 9.84 Å². The topological polar surface area (TPSA) is 86.0 Å². The zero-order valence-electron chi connectivity index (χ0n) is 17.9. The fourth-order valence-electron chi connectivity index (χ4n) is 5.29. The second-order valence-electron chi connectivity index (χ2n) is 9.64. The smallest absolute Gasteiger partial charge is 0.233 e. The molecule has 162 valence electrons. The molecule has 7 nitrogen and oxygen atoms in total. The minimum atomic E-state index is -1.01. The summed E-state index contributed by atoms with van der Waals surface area (Å²) >= 11 is 0. The number of hydrogen-bond donors (Lipinski definition) is 1. The van der Waals surface area contributed by atoms with Crippen LogP contribution in [-0.2, 0) is 0 Å². The van der Waals surface area contributed by atoms with Gasteiger partial charge in [0.05, 0.1) is 23.3 Å². The quantitative estimate of drug-likeness (QED) is 0.668. The number of hydrogen-bond acceptors (Lipinski definition) is 6. The molecule has 2 aliphatic rings. The molecule has 2 fully saturated rings. The molecule has 4 atom stereocenters. The Kier molecular flexibility index (Phi) is 4.50. The van der Waals surface area contributed by atoms with E-state index < -0.39 is 12.3 Å². The number of aryl methyl sites for hydroxylation is 1. The van der Waals surface area contributed by atoms with Gasteiger partial charge in [0.2, 0.25) is 5.88 Å². The number of benzene rings is 1. The zero-order valence-corrected chi connectivity index (χ0v) is 17.9. The molecule has 2 aromatic heterocycles. The van der Waals surface area contributed by atoms with Gasteiger partial charge in [0, 0.05) is 23.1 Å². The van der Waals surface area contributed by atoms with E-state index in [9.17, 15) is 5.11 Å². The summed E-state index contributed by atoms with van der Waals surface area (Å²) in [5, 5.41) is 27.2. The Morgan fingerprint density at radius 3 is 2.68 bits per heavy atom. The molecule has 1 aromatic carbocycles. The molecule has 2 heterocycles. The highest BCUT2D eigenvalue weighted by molar-refractivity contribution is 5.68. The van der Waals surface area contributed by atoms with Crippen molar-refractivity contribution in [3.63, 3.8) is 0 Å². The molecule has 0 aliphatic heterocycles. The highest BCUT2D eigenvalue weighted by Crippen LogP contribution is 2.59. The maximum Gasteiger partial charge on any atom is 0.233 e. The molecule has 8 heteroatoms. The number of rotatable bonds is 4. The number of fused-ring (bicyclic) bond motifs is 2. The third kappa shape index (κ3) is 3.54. The van der Waals surface area contributed by atoms with Crippen LogP contribution in [0.5, 0.6) is 11.6 Å². The third-order valence-corrected chi connectivity index (χ3v) is 6.82. The number of phenols is 1. The minimum Gasteiger partial charge on any atom is -0.507 e. The molecule has 3 aromatic rings. The third-order valence-electron chi connectivity index (χ3n) is 6.82. The van der Waals surface area contributed by atoms with E-state index in [2.05, 4.69) is 27.3 Å². The van der Waals surface area contributed by atoms with Crippen LogP contribution in [0, 0.1) is 17.8 Å². The summed E-state index contributed by atoms with van der Waals surface area (Å²) < 4.78 is 21.1. The normalized spacial score (nSPS) is 29.8. The second kappa shape index (κ2) is 7.00. The van der Waals surface area contributed by atoms with E-state index in [-0.39, 0.29) is 16.6 Å². The molecule has 2 bridgehead atoms. The first kappa shape index (κ1) is 19.9. The first-order valence-electron chi connectivity index (χ1n) is 10.6. The number of alkyl halides is 1. The molecule has 0 saturated heterocycles. The van der Waals surface area contributed by atoms with E-state index in [1.54, 1.807) is 36.5 Å². The highest BCUT2D eigenvalue weighted by Gasteiger charge is 2.56. The fraction of sp³-hybridized carbons (Fsp3) is 0.478. The molecule has 0 amide bonds. The first-order chi connectivity index (χ1) is 14.7. The van der Waals surface area contributed by atoms with Crippen molar-refractivity contribution in [3.8, 4) is 28.6 Å². The monoisotopic (exact) mass is 423 g/mol. The molecule has 0 spiro atoms. The molecule has 0 radical (unpaired) electrons. The van der Waals surface area contributed by atoms with Crippen LogP contribution in [0.15, 0.2) is 36.5 Å². The van der Waals surface area contributed by atoms with Gasteiger partial charge in [-0.3, -0.25) is 0 Å². The van der Waals surface area contributed by atoms with Gasteiger partial charge in [-0.05, 0) is 56.2 Å². The van der Waals surface area contributed by atoms with Crippen LogP contribution < -0.4 is 4.74 Å². The van der Waals surface area contributed by atoms with Gasteiger partial charge in [0.1, 0.15) is 18.0 Å². The molecule has 2 saturated carbocycles. The predicted octanol–water partition coefficient (Wildman–Crippen LogP) is 4.42. The molecular weight excluding hydrogens is 397 g/mol. The summed E-state index contributed by atoms with van der Waals surface area (Å²) in [7, 11) is 0. The maximum atomic E-state index is 15.1. The van der Waals surface area contributed by atoms with Crippen LogP contribution in [0.3, 0.4) is 0 Å². The summed E-state index contributed by atoms with van der Waals surface area (Å²) in [6.07, 6.45) is 3.67. The lowest BCUT2D eigenvalue weighted by molar-refractivity contribution is -0.0432. The van der Waals surface area contributed by atoms with Crippen LogP contribution in [-0.4, -0.2) is 42.6 Å². The maximum absolute atomic E-state index is 15.1. The number of nitrogens with zero attached hydrogens (tertiary/aromatic N) is 5. The van der Waals surface area contributed by atoms with Crippen LogP contribution >= 0.6 is 0 Å². The van der Waals surface area contributed by atoms with Crippen molar-refractivity contribution >= 4 is 0 Å². The number of aromatic hydroxyl groups is 1. The van der Waals surface area contributed by atoms with Crippen LogP contribution in [0.2, 0.25) is 0 Å². The van der Waals surface area contributed by atoms with Gasteiger partial charge in [-0.15, -0.1) is 10.2 Å². The van der Waals surface area contributed by atoms with E-state index >= 15 is 4.39 Å². The molecule has 31 heavy (non-hydrogen) atoms. The van der Waals surface area contributed by atoms with Crippen LogP contribution in [0.1, 0.15) is 45.2 Å². The van der Waals surface area contributed by atoms with E-state index in [0.29, 0.717) is 29.2 Å². The van der Waals surface area contributed by atoms with Gasteiger partial charge in [-0.2, -0.15) is 15.0 Å². The molecule has 0 unspecified atom stereocenters. The molecule has 1 N–H and O–H groups in total. The van der Waals surface area contributed by atoms with Crippen molar-refractivity contribution in [2.24, 2.45) is 10.8 Å². The number of ether oxygens (including phenoxy) is 1. The van der Waals surface area contributed by atoms with Crippen molar-refractivity contribution in [3.05, 3.63) is 42.2 Å². The van der Waals surface area contributed by atoms with Crippen molar-refractivity contribution < 1.29 is 14.2 Å². The summed E-state index contributed by atoms with van der Waals surface area (Å²) in [4.78, 5) is 1.45. The van der Waals surface area contributed by atoms with Gasteiger partial charge in [-0.25, -0.2) is 4.39 Å². The number of aromatic nitrogens is 5. The van der Waals surface area contributed by atoms with Gasteiger partial charge in [-0.1, -0.05) is 13.8 Å². The molecule has 5 rings (SSSR count). The summed E-state index contributed by atoms with van der Waals surface area (Å²) in [6.45, 7) is 6.10. The van der Waals surface area contributed by atoms with Crippen molar-refractivity contribution in [1.29, 1.82) is 0 Å². The summed E-state index contributed by atoms with van der Waals surface area (Å²) in [5.74, 6) is 0.348. The predicted molar refractivity (Wildman–Crippen MR) is 113 cm³/mol. The Bertz CT molecular complexity index is 1120. The zero-order chi connectivity index (χ0) is 21.8. The van der Waals surface area contributed by atoms with Crippen molar-refractivity contribution in [2.75, 3.05) is 0 Å². The highest BCUT2D eigenvalue weighted by atomic mass is 19.1. The SMILES string of the molecule is Cc1cnn(-c2ccc(-c3ccc(O[C@@H]4C[C@@]5(C)CC[C@](C)(C5)[C@@H]4F)nn3)c(O)c2)n1. The fourth-order valence-corrected chi connectivity index (χ4v) is 5.29. The average molecular weight is 423 g/mol. The summed E-state index contributed by atoms with van der Waals surface area (Å²) in [5.41, 5.74) is 2.27. The lowest BCUT2D eigenvalue weighted by Gasteiger charge is -2.42. The summed E-state index contributed by atoms with van der Waals surface area (Å²) in [6, 6.07) is 8.52. The Morgan fingerprint density at radius 1 is 1.16 bits per heavy atom. The van der Waals surface area contributed by atoms with Crippen LogP contribution in [0.4, 0.5) is 4.39 Å². The Morgan fingerprint density at radius 2 is 2.00 bits per heavy atom. The molecule has 2 aliphatic carbocycles. The Labute approximate surface area is 180 Å². The average Bonchev–Trinajstić information content (AvgIpc) is 3.29. The van der Waals surface area contributed by atoms with Gasteiger partial charge in [0.25, 0.3) is 0 Å². The van der Waals surface area contributed by atoms with Gasteiger partial charge in [0.15, 0.2) is 0 Å². The van der Waals surface area contributed by atoms with E-state index in [1.807, 2.05) is 13.8 Å². The van der Waals surface area contributed by atoms with E-state index in [0.717, 1.165) is 25.0 Å². The largest absolute Gasteiger partial charge is 0.507 e. The lowest BCUT2D eigenvalue weighted by atomic mass is 9.68. The number of phenolic OH excluding ortho intramolecular Hbond substituents is 1. The lowest BCUT2D eigenvalue weighted by Crippen LogP contribution is -2.46. The van der Waals surface area contributed by atoms with E-state index in [1.165, 1.54) is 4.80 Å². The minimum absolute atomic E-state index is 0.0453. The van der Waals surface area contributed by atoms with Crippen molar-refractivity contribution in [1.82, 2.24) is 25.2 Å². The second-order valence-corrected chi connectivity index (χ2v) is 9.64. The Hall–Kier alpha value is -3.03. The molecular formula is C23H26FN5O2. The van der Waals surface area contributed by atoms with E-state index in [4.69, 9.17) is 4.74 Å². The van der Waals surface area contributed by atoms with Crippen LogP contribution in [0.25, 0.3) is 16.9 Å². The van der Waals surface area contributed by atoms with Gasteiger partial charge >= 0.3 is 0 Å². The Balaban J connectivity index is 1.34. The van der Waals surface area contributed by atoms with Crippen molar-refractivity contribution in [2.45, 2.75) is 58.7 Å².